The molecule has 4 aromatic rings. The molecule has 1 aromatic heterocycles. The molecule has 7 nitrogen and oxygen atoms in total. The zero-order valence-corrected chi connectivity index (χ0v) is 23.5. The first-order valence-corrected chi connectivity index (χ1v) is 13.9. The SMILES string of the molecule is Cc1cc(C)cc(N=C2NC(=O)/C(=C\c3cc(C)n(-c4ccc(Sc5ccc([N+](=O)[O-])cc5)cc4)c3C)S2)c1. The number of hydrogen-bond acceptors (Lipinski definition) is 6. The number of benzene rings is 3. The van der Waals surface area contributed by atoms with Gasteiger partial charge in [0, 0.05) is 39.0 Å². The third kappa shape index (κ3) is 6.00. The molecule has 9 heteroatoms. The molecule has 0 saturated carbocycles. The molecule has 1 amide bonds. The Morgan fingerprint density at radius 3 is 2.15 bits per heavy atom. The number of nitrogens with one attached hydrogen (secondary N) is 1. The van der Waals surface area contributed by atoms with E-state index < -0.39 is 4.92 Å². The Kier molecular flexibility index (Phi) is 7.45. The number of thioether (sulfide) groups is 1. The summed E-state index contributed by atoms with van der Waals surface area (Å²) in [6.07, 6.45) is 1.92. The standard InChI is InChI=1S/C30H26N4O3S2/c1-18-13-19(2)15-23(14-18)31-30-32-29(35)28(39-30)17-22-16-20(3)33(21(22)4)24-5-9-26(10-6-24)38-27-11-7-25(8-12-27)34(36)37/h5-17H,1-4H3,(H,31,32,35)/b28-17+. The van der Waals surface area contributed by atoms with Crippen molar-refractivity contribution in [1.29, 1.82) is 0 Å². The molecule has 1 aliphatic heterocycles. The van der Waals surface area contributed by atoms with Gasteiger partial charge in [-0.1, -0.05) is 17.8 Å². The van der Waals surface area contributed by atoms with Crippen LogP contribution in [0.2, 0.25) is 0 Å². The van der Waals surface area contributed by atoms with Gasteiger partial charge in [-0.2, -0.15) is 0 Å². The van der Waals surface area contributed by atoms with Crippen molar-refractivity contribution in [1.82, 2.24) is 9.88 Å². The van der Waals surface area contributed by atoms with Crippen LogP contribution in [0.4, 0.5) is 11.4 Å². The van der Waals surface area contributed by atoms with Gasteiger partial charge < -0.3 is 9.88 Å². The number of rotatable bonds is 6. The second-order valence-electron chi connectivity index (χ2n) is 9.34. The number of hydrogen-bond donors (Lipinski definition) is 1. The maximum Gasteiger partial charge on any atom is 0.269 e. The molecule has 0 bridgehead atoms. The summed E-state index contributed by atoms with van der Waals surface area (Å²) in [5.74, 6) is -0.152. The van der Waals surface area contributed by atoms with Crippen LogP contribution in [0.15, 0.2) is 92.5 Å². The molecule has 0 atom stereocenters. The maximum absolute atomic E-state index is 12.7. The van der Waals surface area contributed by atoms with E-state index in [2.05, 4.69) is 39.1 Å². The lowest BCUT2D eigenvalue weighted by molar-refractivity contribution is -0.384. The summed E-state index contributed by atoms with van der Waals surface area (Å²) < 4.78 is 2.16. The summed E-state index contributed by atoms with van der Waals surface area (Å²) in [7, 11) is 0. The highest BCUT2D eigenvalue weighted by Gasteiger charge is 2.24. The van der Waals surface area contributed by atoms with Crippen molar-refractivity contribution in [3.05, 3.63) is 116 Å². The first-order chi connectivity index (χ1) is 18.7. The number of amides is 1. The van der Waals surface area contributed by atoms with E-state index in [0.717, 1.165) is 49.2 Å². The van der Waals surface area contributed by atoms with E-state index in [9.17, 15) is 14.9 Å². The summed E-state index contributed by atoms with van der Waals surface area (Å²) in [5, 5.41) is 14.3. The Hall–Kier alpha value is -4.08. The van der Waals surface area contributed by atoms with Crippen LogP contribution >= 0.6 is 23.5 Å². The van der Waals surface area contributed by atoms with Gasteiger partial charge in [0.05, 0.1) is 15.5 Å². The van der Waals surface area contributed by atoms with E-state index in [4.69, 9.17) is 0 Å². The third-order valence-electron chi connectivity index (χ3n) is 6.22. The van der Waals surface area contributed by atoms with Gasteiger partial charge in [-0.3, -0.25) is 14.9 Å². The third-order valence-corrected chi connectivity index (χ3v) is 8.15. The molecule has 2 heterocycles. The summed E-state index contributed by atoms with van der Waals surface area (Å²) in [6.45, 7) is 8.15. The molecule has 1 fully saturated rings. The van der Waals surface area contributed by atoms with Gasteiger partial charge in [0.1, 0.15) is 0 Å². The fraction of sp³-hybridized carbons (Fsp3) is 0.133. The average Bonchev–Trinajstić information content (AvgIpc) is 3.36. The molecule has 39 heavy (non-hydrogen) atoms. The number of carbonyl (C=O) groups excluding carboxylic acids is 1. The van der Waals surface area contributed by atoms with E-state index >= 15 is 0 Å². The molecule has 1 aliphatic rings. The van der Waals surface area contributed by atoms with Crippen LogP contribution < -0.4 is 5.32 Å². The average molecular weight is 555 g/mol. The number of aromatic nitrogens is 1. The van der Waals surface area contributed by atoms with Crippen molar-refractivity contribution < 1.29 is 9.72 Å². The number of nitro groups is 1. The van der Waals surface area contributed by atoms with Crippen molar-refractivity contribution >= 4 is 52.0 Å². The van der Waals surface area contributed by atoms with Gasteiger partial charge >= 0.3 is 0 Å². The Balaban J connectivity index is 1.34. The lowest BCUT2D eigenvalue weighted by atomic mass is 10.1. The van der Waals surface area contributed by atoms with Gasteiger partial charge in [-0.25, -0.2) is 4.99 Å². The zero-order chi connectivity index (χ0) is 27.7. The molecular formula is C30H26N4O3S2. The van der Waals surface area contributed by atoms with Crippen molar-refractivity contribution in [3.63, 3.8) is 0 Å². The van der Waals surface area contributed by atoms with E-state index in [0.29, 0.717) is 10.1 Å². The number of amidine groups is 1. The van der Waals surface area contributed by atoms with Crippen molar-refractivity contribution in [2.45, 2.75) is 37.5 Å². The fourth-order valence-corrected chi connectivity index (χ4v) is 6.17. The highest BCUT2D eigenvalue weighted by Crippen LogP contribution is 2.33. The quantitative estimate of drug-likeness (QED) is 0.150. The van der Waals surface area contributed by atoms with Crippen molar-refractivity contribution in [3.8, 4) is 5.69 Å². The van der Waals surface area contributed by atoms with E-state index in [-0.39, 0.29) is 11.6 Å². The largest absolute Gasteiger partial charge is 0.318 e. The molecule has 1 N–H and O–H groups in total. The van der Waals surface area contributed by atoms with Gasteiger partial charge in [0.15, 0.2) is 5.17 Å². The minimum atomic E-state index is -0.397. The Morgan fingerprint density at radius 1 is 0.923 bits per heavy atom. The van der Waals surface area contributed by atoms with E-state index in [1.807, 2.05) is 58.0 Å². The molecule has 0 unspecified atom stereocenters. The summed E-state index contributed by atoms with van der Waals surface area (Å²) in [5.41, 5.74) is 7.24. The summed E-state index contributed by atoms with van der Waals surface area (Å²) in [4.78, 5) is 30.4. The van der Waals surface area contributed by atoms with Gasteiger partial charge in [0.2, 0.25) is 0 Å². The molecular weight excluding hydrogens is 528 g/mol. The summed E-state index contributed by atoms with van der Waals surface area (Å²) in [6, 6.07) is 22.9. The maximum atomic E-state index is 12.7. The van der Waals surface area contributed by atoms with Crippen LogP contribution in [-0.4, -0.2) is 20.6 Å². The Labute approximate surface area is 235 Å². The monoisotopic (exact) mass is 554 g/mol. The van der Waals surface area contributed by atoms with Gasteiger partial charge in [-0.05, 0) is 117 Å². The van der Waals surface area contributed by atoms with Crippen LogP contribution in [0.3, 0.4) is 0 Å². The lowest BCUT2D eigenvalue weighted by Crippen LogP contribution is -2.19. The number of nitrogens with zero attached hydrogens (tertiary/aromatic N) is 3. The Morgan fingerprint density at radius 2 is 1.54 bits per heavy atom. The highest BCUT2D eigenvalue weighted by atomic mass is 32.2. The fourth-order valence-electron chi connectivity index (χ4n) is 4.52. The van der Waals surface area contributed by atoms with Crippen LogP contribution in [0.1, 0.15) is 28.1 Å². The van der Waals surface area contributed by atoms with Gasteiger partial charge in [0.25, 0.3) is 11.6 Å². The molecule has 3 aromatic carbocycles. The smallest absolute Gasteiger partial charge is 0.269 e. The van der Waals surface area contributed by atoms with Crippen molar-refractivity contribution in [2.24, 2.45) is 4.99 Å². The van der Waals surface area contributed by atoms with E-state index in [1.54, 1.807) is 23.9 Å². The molecule has 0 radical (unpaired) electrons. The topological polar surface area (TPSA) is 89.5 Å². The van der Waals surface area contributed by atoms with E-state index in [1.165, 1.54) is 23.9 Å². The Bertz CT molecular complexity index is 1630. The normalized spacial score (nSPS) is 15.2. The lowest BCUT2D eigenvalue weighted by Gasteiger charge is -2.11. The number of carbonyl (C=O) groups is 1. The second-order valence-corrected chi connectivity index (χ2v) is 11.5. The minimum absolute atomic E-state index is 0.0809. The van der Waals surface area contributed by atoms with Crippen LogP contribution in [0, 0.1) is 37.8 Å². The number of nitro benzene ring substituents is 1. The van der Waals surface area contributed by atoms with Crippen LogP contribution in [-0.2, 0) is 4.79 Å². The number of aryl methyl sites for hydroxylation is 3. The second kappa shape index (κ2) is 11.0. The first-order valence-electron chi connectivity index (χ1n) is 12.3. The highest BCUT2D eigenvalue weighted by molar-refractivity contribution is 8.18. The van der Waals surface area contributed by atoms with Gasteiger partial charge in [-0.15, -0.1) is 0 Å². The molecule has 0 spiro atoms. The predicted molar refractivity (Wildman–Crippen MR) is 159 cm³/mol. The van der Waals surface area contributed by atoms with Crippen LogP contribution in [0.25, 0.3) is 11.8 Å². The molecule has 0 aliphatic carbocycles. The van der Waals surface area contributed by atoms with Crippen LogP contribution in [0.5, 0.6) is 0 Å². The zero-order valence-electron chi connectivity index (χ0n) is 21.9. The number of non-ortho nitro benzene ring substituents is 1. The molecule has 1 saturated heterocycles. The molecule has 196 valence electrons. The molecule has 5 rings (SSSR count). The van der Waals surface area contributed by atoms with Crippen molar-refractivity contribution in [2.75, 3.05) is 0 Å². The minimum Gasteiger partial charge on any atom is -0.318 e. The first kappa shape index (κ1) is 26.5. The number of aliphatic imine (C=N–C) groups is 1. The summed E-state index contributed by atoms with van der Waals surface area (Å²) >= 11 is 2.90. The predicted octanol–water partition coefficient (Wildman–Crippen LogP) is 7.66.